The van der Waals surface area contributed by atoms with E-state index in [0.29, 0.717) is 17.1 Å². The highest BCUT2D eigenvalue weighted by Crippen LogP contribution is 2.51. The van der Waals surface area contributed by atoms with Gasteiger partial charge >= 0.3 is 5.97 Å². The summed E-state index contributed by atoms with van der Waals surface area (Å²) in [5.74, 6) is -1.81. The average Bonchev–Trinajstić information content (AvgIpc) is 2.68. The Morgan fingerprint density at radius 2 is 2.00 bits per heavy atom. The van der Waals surface area contributed by atoms with Crippen LogP contribution in [0.1, 0.15) is 31.2 Å². The molecule has 0 bridgehead atoms. The number of allylic oxidation sites excluding steroid dienone is 3. The van der Waals surface area contributed by atoms with Crippen LogP contribution in [0.4, 0.5) is 4.39 Å². The molecule has 0 radical (unpaired) electrons. The Morgan fingerprint density at radius 3 is 2.58 bits per heavy atom. The summed E-state index contributed by atoms with van der Waals surface area (Å²) in [7, 11) is 0. The van der Waals surface area contributed by atoms with E-state index in [9.17, 15) is 19.6 Å². The van der Waals surface area contributed by atoms with Crippen LogP contribution in [0.3, 0.4) is 0 Å². The third kappa shape index (κ3) is 3.10. The number of nitriles is 1. The third-order valence-electron chi connectivity index (χ3n) is 5.74. The lowest BCUT2D eigenvalue weighted by atomic mass is 9.60. The summed E-state index contributed by atoms with van der Waals surface area (Å²) in [6, 6.07) is 8.69. The molecule has 1 fully saturated rings. The number of hydrogen-bond donors (Lipinski definition) is 1. The number of nitrogens with zero attached hydrogens (tertiary/aromatic N) is 1. The minimum Gasteiger partial charge on any atom is -0.481 e. The van der Waals surface area contributed by atoms with Crippen LogP contribution in [0.2, 0.25) is 0 Å². The largest absolute Gasteiger partial charge is 0.481 e. The molecule has 0 aliphatic heterocycles. The standard InChI is InChI=1S/C22H22FNO2/c1-2-15-7-9-17(10-8-15)22(14-24)12-11-16(21(25)26)13-19(22)18-5-3-4-6-20(18)23/h2-6,11-13,15-17H,1,7-10H2,(H,25,26). The Morgan fingerprint density at radius 1 is 1.31 bits per heavy atom. The topological polar surface area (TPSA) is 61.1 Å². The van der Waals surface area contributed by atoms with Gasteiger partial charge in [0.15, 0.2) is 0 Å². The molecule has 26 heavy (non-hydrogen) atoms. The predicted octanol–water partition coefficient (Wildman–Crippen LogP) is 4.98. The predicted molar refractivity (Wildman–Crippen MR) is 98.3 cm³/mol. The second kappa shape index (κ2) is 7.29. The van der Waals surface area contributed by atoms with Gasteiger partial charge in [0.25, 0.3) is 0 Å². The molecule has 2 unspecified atom stereocenters. The Bertz CT molecular complexity index is 812. The van der Waals surface area contributed by atoms with Crippen LogP contribution in [-0.4, -0.2) is 11.1 Å². The molecule has 0 saturated heterocycles. The Hall–Kier alpha value is -2.67. The molecule has 134 valence electrons. The van der Waals surface area contributed by atoms with Gasteiger partial charge in [0.2, 0.25) is 0 Å². The van der Waals surface area contributed by atoms with E-state index in [0.717, 1.165) is 25.7 Å². The van der Waals surface area contributed by atoms with Gasteiger partial charge in [-0.15, -0.1) is 6.58 Å². The van der Waals surface area contributed by atoms with Crippen molar-refractivity contribution >= 4 is 11.5 Å². The first-order valence-electron chi connectivity index (χ1n) is 8.95. The minimum absolute atomic E-state index is 0.0283. The minimum atomic E-state index is -1.00. The molecule has 0 amide bonds. The lowest BCUT2D eigenvalue weighted by Gasteiger charge is -2.41. The van der Waals surface area contributed by atoms with Crippen molar-refractivity contribution in [3.63, 3.8) is 0 Å². The van der Waals surface area contributed by atoms with Gasteiger partial charge < -0.3 is 5.11 Å². The van der Waals surface area contributed by atoms with Gasteiger partial charge in [0.1, 0.15) is 11.2 Å². The van der Waals surface area contributed by atoms with Crippen LogP contribution < -0.4 is 0 Å². The zero-order valence-electron chi connectivity index (χ0n) is 14.6. The number of halogens is 1. The van der Waals surface area contributed by atoms with E-state index >= 15 is 0 Å². The van der Waals surface area contributed by atoms with Crippen LogP contribution in [0.5, 0.6) is 0 Å². The summed E-state index contributed by atoms with van der Waals surface area (Å²) >= 11 is 0. The molecule has 0 spiro atoms. The normalized spacial score (nSPS) is 30.9. The molecule has 0 heterocycles. The highest BCUT2D eigenvalue weighted by molar-refractivity contribution is 5.84. The number of carboxylic acid groups (broad SMARTS) is 1. The number of aliphatic carboxylic acids is 1. The van der Waals surface area contributed by atoms with Crippen molar-refractivity contribution in [1.82, 2.24) is 0 Å². The molecular formula is C22H22FNO2. The van der Waals surface area contributed by atoms with Crippen molar-refractivity contribution in [3.8, 4) is 6.07 Å². The summed E-state index contributed by atoms with van der Waals surface area (Å²) in [6.07, 6.45) is 10.3. The van der Waals surface area contributed by atoms with Gasteiger partial charge in [-0.2, -0.15) is 5.26 Å². The summed E-state index contributed by atoms with van der Waals surface area (Å²) < 4.78 is 14.5. The molecule has 2 atom stereocenters. The van der Waals surface area contributed by atoms with Crippen molar-refractivity contribution in [2.24, 2.45) is 23.2 Å². The van der Waals surface area contributed by atoms with Gasteiger partial charge in [-0.05, 0) is 49.2 Å². The number of carboxylic acids is 1. The number of hydrogen-bond acceptors (Lipinski definition) is 2. The van der Waals surface area contributed by atoms with Crippen molar-refractivity contribution in [3.05, 3.63) is 66.5 Å². The first-order valence-corrected chi connectivity index (χ1v) is 8.95. The van der Waals surface area contributed by atoms with Crippen LogP contribution in [0.15, 0.2) is 55.1 Å². The highest BCUT2D eigenvalue weighted by atomic mass is 19.1. The SMILES string of the molecule is C=CC1CCC(C2(C#N)C=CC(C(=O)O)C=C2c2ccccc2F)CC1. The van der Waals surface area contributed by atoms with E-state index in [-0.39, 0.29) is 5.92 Å². The lowest BCUT2D eigenvalue weighted by Crippen LogP contribution is -2.34. The monoisotopic (exact) mass is 351 g/mol. The van der Waals surface area contributed by atoms with Crippen molar-refractivity contribution < 1.29 is 14.3 Å². The zero-order valence-corrected chi connectivity index (χ0v) is 14.6. The van der Waals surface area contributed by atoms with Crippen LogP contribution >= 0.6 is 0 Å². The molecule has 1 aromatic carbocycles. The van der Waals surface area contributed by atoms with Gasteiger partial charge in [0.05, 0.1) is 12.0 Å². The molecule has 3 nitrogen and oxygen atoms in total. The number of rotatable bonds is 4. The van der Waals surface area contributed by atoms with E-state index in [2.05, 4.69) is 12.6 Å². The molecule has 1 saturated carbocycles. The molecule has 1 N–H and O–H groups in total. The van der Waals surface area contributed by atoms with Crippen molar-refractivity contribution in [1.29, 1.82) is 5.26 Å². The molecule has 2 aliphatic carbocycles. The third-order valence-corrected chi connectivity index (χ3v) is 5.74. The van der Waals surface area contributed by atoms with E-state index < -0.39 is 23.1 Å². The fourth-order valence-corrected chi connectivity index (χ4v) is 4.22. The van der Waals surface area contributed by atoms with Crippen LogP contribution in [0, 0.1) is 40.3 Å². The zero-order chi connectivity index (χ0) is 18.7. The number of carbonyl (C=O) groups is 1. The Balaban J connectivity index is 2.08. The fourth-order valence-electron chi connectivity index (χ4n) is 4.22. The smallest absolute Gasteiger partial charge is 0.314 e. The summed E-state index contributed by atoms with van der Waals surface area (Å²) in [4.78, 5) is 11.5. The van der Waals surface area contributed by atoms with E-state index in [4.69, 9.17) is 0 Å². The van der Waals surface area contributed by atoms with Gasteiger partial charge in [-0.3, -0.25) is 4.79 Å². The second-order valence-corrected chi connectivity index (χ2v) is 7.11. The number of benzene rings is 1. The maximum absolute atomic E-state index is 14.5. The van der Waals surface area contributed by atoms with Crippen molar-refractivity contribution in [2.75, 3.05) is 0 Å². The van der Waals surface area contributed by atoms with E-state index in [1.165, 1.54) is 6.07 Å². The lowest BCUT2D eigenvalue weighted by molar-refractivity contribution is -0.138. The maximum Gasteiger partial charge on any atom is 0.314 e. The molecule has 0 aromatic heterocycles. The molecule has 1 aromatic rings. The molecule has 2 aliphatic rings. The Kier molecular flexibility index (Phi) is 5.08. The van der Waals surface area contributed by atoms with Crippen LogP contribution in [-0.2, 0) is 4.79 Å². The average molecular weight is 351 g/mol. The molecule has 3 rings (SSSR count). The first-order chi connectivity index (χ1) is 12.5. The van der Waals surface area contributed by atoms with Gasteiger partial charge in [-0.25, -0.2) is 4.39 Å². The molecular weight excluding hydrogens is 329 g/mol. The Labute approximate surface area is 153 Å². The highest BCUT2D eigenvalue weighted by Gasteiger charge is 2.45. The van der Waals surface area contributed by atoms with E-state index in [1.54, 1.807) is 36.4 Å². The molecule has 4 heteroatoms. The van der Waals surface area contributed by atoms with Gasteiger partial charge in [-0.1, -0.05) is 42.5 Å². The second-order valence-electron chi connectivity index (χ2n) is 7.11. The summed E-state index contributed by atoms with van der Waals surface area (Å²) in [5.41, 5.74) is -0.203. The first kappa shape index (κ1) is 18.1. The van der Waals surface area contributed by atoms with Crippen LogP contribution in [0.25, 0.3) is 5.57 Å². The van der Waals surface area contributed by atoms with Gasteiger partial charge in [0, 0.05) is 5.56 Å². The maximum atomic E-state index is 14.5. The fraction of sp³-hybridized carbons (Fsp3) is 0.364. The van der Waals surface area contributed by atoms with E-state index in [1.807, 2.05) is 6.08 Å². The quantitative estimate of drug-likeness (QED) is 0.778. The van der Waals surface area contributed by atoms with Crippen molar-refractivity contribution in [2.45, 2.75) is 25.7 Å². The summed E-state index contributed by atoms with van der Waals surface area (Å²) in [6.45, 7) is 3.86. The summed E-state index contributed by atoms with van der Waals surface area (Å²) in [5, 5.41) is 19.5.